The molecule has 0 aliphatic carbocycles. The van der Waals surface area contributed by atoms with Crippen LogP contribution in [0, 0.1) is 5.92 Å². The molecule has 0 spiro atoms. The zero-order chi connectivity index (χ0) is 21.9. The monoisotopic (exact) mass is 452 g/mol. The Bertz CT molecular complexity index is 1080. The van der Waals surface area contributed by atoms with Crippen LogP contribution in [0.15, 0.2) is 42.5 Å². The minimum absolute atomic E-state index is 0.0516. The van der Waals surface area contributed by atoms with Gasteiger partial charge in [-0.2, -0.15) is 0 Å². The molecule has 0 saturated carbocycles. The summed E-state index contributed by atoms with van der Waals surface area (Å²) in [5, 5.41) is 4.09. The second-order valence-electron chi connectivity index (χ2n) is 8.25. The fourth-order valence-electron chi connectivity index (χ4n) is 4.34. The number of carbonyl (C=O) groups excluding carboxylic acids is 1. The zero-order valence-corrected chi connectivity index (χ0v) is 19.1. The molecule has 2 saturated heterocycles. The van der Waals surface area contributed by atoms with Crippen molar-refractivity contribution in [3.8, 4) is 5.75 Å². The molecule has 1 unspecified atom stereocenters. The lowest BCUT2D eigenvalue weighted by molar-refractivity contribution is -0.120. The van der Waals surface area contributed by atoms with Crippen LogP contribution in [0.3, 0.4) is 0 Å². The van der Waals surface area contributed by atoms with Gasteiger partial charge in [0.05, 0.1) is 36.5 Å². The summed E-state index contributed by atoms with van der Waals surface area (Å²) in [5.41, 5.74) is 2.98. The predicted molar refractivity (Wildman–Crippen MR) is 129 cm³/mol. The number of rotatable bonds is 5. The van der Waals surface area contributed by atoms with E-state index in [1.165, 1.54) is 5.69 Å². The molecule has 1 atom stereocenters. The first kappa shape index (κ1) is 21.0. The smallest absolute Gasteiger partial charge is 0.229 e. The largest absolute Gasteiger partial charge is 0.497 e. The number of methoxy groups -OCH3 is 1. The lowest BCUT2D eigenvalue weighted by Crippen LogP contribution is -2.40. The lowest BCUT2D eigenvalue weighted by atomic mass is 9.97. The Morgan fingerprint density at radius 1 is 1.12 bits per heavy atom. The van der Waals surface area contributed by atoms with Crippen LogP contribution in [0.5, 0.6) is 5.75 Å². The van der Waals surface area contributed by atoms with Crippen LogP contribution in [-0.4, -0.2) is 57.4 Å². The highest BCUT2D eigenvalue weighted by Crippen LogP contribution is 2.33. The summed E-state index contributed by atoms with van der Waals surface area (Å²) >= 11 is 1.66. The van der Waals surface area contributed by atoms with Crippen molar-refractivity contribution >= 4 is 44.0 Å². The average molecular weight is 453 g/mol. The first-order valence-corrected chi connectivity index (χ1v) is 11.9. The van der Waals surface area contributed by atoms with E-state index in [2.05, 4.69) is 27.2 Å². The lowest BCUT2D eigenvalue weighted by Gasteiger charge is -2.31. The number of piperidine rings is 1. The van der Waals surface area contributed by atoms with Gasteiger partial charge in [-0.15, -0.1) is 0 Å². The summed E-state index contributed by atoms with van der Waals surface area (Å²) in [4.78, 5) is 22.3. The van der Waals surface area contributed by atoms with E-state index in [1.807, 2.05) is 30.3 Å². The second kappa shape index (κ2) is 9.34. The van der Waals surface area contributed by atoms with E-state index < -0.39 is 0 Å². The Balaban J connectivity index is 1.22. The average Bonchev–Trinajstić information content (AvgIpc) is 3.28. The molecule has 32 heavy (non-hydrogen) atoms. The fourth-order valence-corrected chi connectivity index (χ4v) is 5.37. The number of thiazole rings is 1. The van der Waals surface area contributed by atoms with Crippen LogP contribution in [0.2, 0.25) is 0 Å². The van der Waals surface area contributed by atoms with E-state index in [-0.39, 0.29) is 11.8 Å². The van der Waals surface area contributed by atoms with Gasteiger partial charge in [0.25, 0.3) is 0 Å². The van der Waals surface area contributed by atoms with Gasteiger partial charge < -0.3 is 24.6 Å². The Labute approximate surface area is 191 Å². The van der Waals surface area contributed by atoms with Gasteiger partial charge in [0, 0.05) is 37.6 Å². The van der Waals surface area contributed by atoms with E-state index in [9.17, 15) is 4.79 Å². The fraction of sp³-hybridized carbons (Fsp3) is 0.417. The first-order chi connectivity index (χ1) is 15.7. The molecule has 1 amide bonds. The number of nitrogens with zero attached hydrogens (tertiary/aromatic N) is 3. The number of hydrogen-bond donors (Lipinski definition) is 1. The number of fused-ring (bicyclic) bond motifs is 1. The summed E-state index contributed by atoms with van der Waals surface area (Å²) in [6, 6.07) is 14.1. The highest BCUT2D eigenvalue weighted by Gasteiger charge is 2.27. The maximum Gasteiger partial charge on any atom is 0.229 e. The van der Waals surface area contributed by atoms with Gasteiger partial charge in [-0.1, -0.05) is 11.3 Å². The van der Waals surface area contributed by atoms with Crippen LogP contribution in [0.25, 0.3) is 10.2 Å². The van der Waals surface area contributed by atoms with Gasteiger partial charge in [0.15, 0.2) is 5.13 Å². The summed E-state index contributed by atoms with van der Waals surface area (Å²) in [6.07, 6.45) is 1.88. The Hall–Kier alpha value is -2.84. The molecule has 2 aliphatic heterocycles. The van der Waals surface area contributed by atoms with E-state index in [0.29, 0.717) is 6.54 Å². The van der Waals surface area contributed by atoms with E-state index in [1.54, 1.807) is 18.4 Å². The topological polar surface area (TPSA) is 66.9 Å². The number of ether oxygens (including phenoxy) is 2. The van der Waals surface area contributed by atoms with Crippen LogP contribution in [0.4, 0.5) is 16.5 Å². The summed E-state index contributed by atoms with van der Waals surface area (Å²) in [7, 11) is 1.67. The van der Waals surface area contributed by atoms with Gasteiger partial charge in [-0.05, 0) is 55.3 Å². The summed E-state index contributed by atoms with van der Waals surface area (Å²) < 4.78 is 11.9. The van der Waals surface area contributed by atoms with Gasteiger partial charge in [-0.3, -0.25) is 4.79 Å². The number of benzene rings is 2. The molecule has 1 aromatic heterocycles. The molecule has 0 radical (unpaired) electrons. The van der Waals surface area contributed by atoms with Crippen LogP contribution in [-0.2, 0) is 9.53 Å². The number of morpholine rings is 1. The quantitative estimate of drug-likeness (QED) is 0.631. The van der Waals surface area contributed by atoms with Crippen molar-refractivity contribution in [1.29, 1.82) is 0 Å². The SMILES string of the molecule is COc1ccc2nc(N3CCCC(C(=O)Nc4ccc(N5CCOCC5)cc4)C3)sc2c1. The second-order valence-corrected chi connectivity index (χ2v) is 9.26. The molecular weight excluding hydrogens is 424 g/mol. The Morgan fingerprint density at radius 2 is 1.94 bits per heavy atom. The van der Waals surface area contributed by atoms with Crippen molar-refractivity contribution in [3.05, 3.63) is 42.5 Å². The highest BCUT2D eigenvalue weighted by atomic mass is 32.1. The van der Waals surface area contributed by atoms with Gasteiger partial charge in [0.1, 0.15) is 5.75 Å². The number of aromatic nitrogens is 1. The van der Waals surface area contributed by atoms with Gasteiger partial charge in [0.2, 0.25) is 5.91 Å². The molecule has 7 nitrogen and oxygen atoms in total. The van der Waals surface area contributed by atoms with E-state index in [4.69, 9.17) is 14.5 Å². The molecule has 3 aromatic rings. The number of amides is 1. The maximum absolute atomic E-state index is 13.0. The Morgan fingerprint density at radius 3 is 2.72 bits per heavy atom. The summed E-state index contributed by atoms with van der Waals surface area (Å²) in [6.45, 7) is 4.95. The van der Waals surface area contributed by atoms with E-state index >= 15 is 0 Å². The first-order valence-electron chi connectivity index (χ1n) is 11.1. The third-order valence-corrected chi connectivity index (χ3v) is 7.24. The molecule has 2 fully saturated rings. The highest BCUT2D eigenvalue weighted by molar-refractivity contribution is 7.22. The van der Waals surface area contributed by atoms with Crippen molar-refractivity contribution < 1.29 is 14.3 Å². The van der Waals surface area contributed by atoms with Crippen molar-refractivity contribution in [2.24, 2.45) is 5.92 Å². The van der Waals surface area contributed by atoms with Gasteiger partial charge >= 0.3 is 0 Å². The molecular formula is C24H28N4O3S. The molecule has 5 rings (SSSR count). The minimum atomic E-state index is -0.0516. The van der Waals surface area contributed by atoms with Crippen LogP contribution >= 0.6 is 11.3 Å². The predicted octanol–water partition coefficient (Wildman–Crippen LogP) is 4.00. The molecule has 8 heteroatoms. The molecule has 1 N–H and O–H groups in total. The van der Waals surface area contributed by atoms with Crippen molar-refractivity contribution in [3.63, 3.8) is 0 Å². The molecule has 168 valence electrons. The van der Waals surface area contributed by atoms with Crippen molar-refractivity contribution in [2.45, 2.75) is 12.8 Å². The number of nitrogens with one attached hydrogen (secondary N) is 1. The third kappa shape index (κ3) is 4.52. The minimum Gasteiger partial charge on any atom is -0.497 e. The third-order valence-electron chi connectivity index (χ3n) is 6.16. The normalized spacial score (nSPS) is 19.2. The van der Waals surface area contributed by atoms with Gasteiger partial charge in [-0.25, -0.2) is 4.98 Å². The van der Waals surface area contributed by atoms with Crippen LogP contribution < -0.4 is 19.9 Å². The number of anilines is 3. The molecule has 2 aromatic carbocycles. The van der Waals surface area contributed by atoms with Crippen molar-refractivity contribution in [2.75, 3.05) is 61.6 Å². The molecule has 0 bridgehead atoms. The molecule has 2 aliphatic rings. The number of carbonyl (C=O) groups is 1. The van der Waals surface area contributed by atoms with E-state index in [0.717, 1.165) is 72.5 Å². The summed E-state index contributed by atoms with van der Waals surface area (Å²) in [5.74, 6) is 0.865. The Kier molecular flexibility index (Phi) is 6.14. The standard InChI is InChI=1S/C24H28N4O3S/c1-30-20-8-9-21-22(15-20)32-24(26-21)28-10-2-3-17(16-28)23(29)25-18-4-6-19(7-5-18)27-11-13-31-14-12-27/h4-9,15,17H,2-3,10-14,16H2,1H3,(H,25,29). The number of hydrogen-bond acceptors (Lipinski definition) is 7. The van der Waals surface area contributed by atoms with Crippen LogP contribution in [0.1, 0.15) is 12.8 Å². The zero-order valence-electron chi connectivity index (χ0n) is 18.3. The van der Waals surface area contributed by atoms with Crippen molar-refractivity contribution in [1.82, 2.24) is 4.98 Å². The molecule has 3 heterocycles. The maximum atomic E-state index is 13.0.